The minimum absolute atomic E-state index is 0.0143. The van der Waals surface area contributed by atoms with Gasteiger partial charge in [0.15, 0.2) is 11.6 Å². The molecule has 1 saturated heterocycles. The molecule has 23 heavy (non-hydrogen) atoms. The normalized spacial score (nSPS) is 20.9. The average Bonchev–Trinajstić information content (AvgIpc) is 2.96. The molecule has 1 aliphatic heterocycles. The molecule has 1 aromatic carbocycles. The van der Waals surface area contributed by atoms with Crippen LogP contribution >= 0.6 is 0 Å². The molecule has 0 bridgehead atoms. The monoisotopic (exact) mass is 326 g/mol. The number of hydrogen-bond acceptors (Lipinski definition) is 4. The van der Waals surface area contributed by atoms with Crippen LogP contribution in [-0.4, -0.2) is 61.5 Å². The number of carbonyl (C=O) groups excluding carboxylic acids is 2. The third-order valence-electron chi connectivity index (χ3n) is 4.18. The Morgan fingerprint density at radius 3 is 2.65 bits per heavy atom. The lowest BCUT2D eigenvalue weighted by atomic mass is 10.1. The van der Waals surface area contributed by atoms with Gasteiger partial charge in [-0.25, -0.2) is 13.6 Å². The summed E-state index contributed by atoms with van der Waals surface area (Å²) in [7, 11) is 4.98. The van der Waals surface area contributed by atoms with E-state index >= 15 is 0 Å². The second kappa shape index (κ2) is 7.04. The van der Waals surface area contributed by atoms with Gasteiger partial charge < -0.3 is 14.5 Å². The first-order valence-corrected chi connectivity index (χ1v) is 7.31. The molecular formula is C16H20F2N2O3. The molecule has 0 unspecified atom stereocenters. The molecule has 0 saturated carbocycles. The Bertz CT molecular complexity index is 607. The number of nitrogens with zero attached hydrogens (tertiary/aromatic N) is 2. The summed E-state index contributed by atoms with van der Waals surface area (Å²) in [6.45, 7) is 0.350. The van der Waals surface area contributed by atoms with Crippen molar-refractivity contribution in [1.82, 2.24) is 9.80 Å². The largest absolute Gasteiger partial charge is 0.467 e. The summed E-state index contributed by atoms with van der Waals surface area (Å²) < 4.78 is 31.7. The van der Waals surface area contributed by atoms with Crippen molar-refractivity contribution in [3.05, 3.63) is 35.4 Å². The van der Waals surface area contributed by atoms with Crippen molar-refractivity contribution in [2.24, 2.45) is 0 Å². The molecule has 1 aliphatic rings. The SMILES string of the molecule is COC(=O)[C@@H]1C[C@@H](N(C)C)CN1C(=O)Cc1cccc(F)c1F. The molecule has 1 fully saturated rings. The van der Waals surface area contributed by atoms with E-state index in [4.69, 9.17) is 4.74 Å². The van der Waals surface area contributed by atoms with Crippen molar-refractivity contribution >= 4 is 11.9 Å². The van der Waals surface area contributed by atoms with Crippen molar-refractivity contribution in [2.45, 2.75) is 24.9 Å². The molecule has 1 amide bonds. The highest BCUT2D eigenvalue weighted by molar-refractivity contribution is 5.86. The first-order valence-electron chi connectivity index (χ1n) is 7.31. The summed E-state index contributed by atoms with van der Waals surface area (Å²) >= 11 is 0. The lowest BCUT2D eigenvalue weighted by Gasteiger charge is -2.23. The number of hydrogen-bond donors (Lipinski definition) is 0. The van der Waals surface area contributed by atoms with Crippen molar-refractivity contribution < 1.29 is 23.1 Å². The Morgan fingerprint density at radius 2 is 2.04 bits per heavy atom. The van der Waals surface area contributed by atoms with Crippen molar-refractivity contribution in [3.63, 3.8) is 0 Å². The summed E-state index contributed by atoms with van der Waals surface area (Å²) in [5.74, 6) is -2.94. The van der Waals surface area contributed by atoms with Crippen LogP contribution < -0.4 is 0 Å². The average molecular weight is 326 g/mol. The van der Waals surface area contributed by atoms with E-state index in [2.05, 4.69) is 0 Å². The molecule has 0 spiro atoms. The van der Waals surface area contributed by atoms with E-state index in [1.54, 1.807) is 0 Å². The second-order valence-corrected chi connectivity index (χ2v) is 5.83. The maximum atomic E-state index is 13.7. The fourth-order valence-corrected chi connectivity index (χ4v) is 2.77. The molecule has 2 atom stereocenters. The summed E-state index contributed by atoms with van der Waals surface area (Å²) in [4.78, 5) is 27.7. The Kier molecular flexibility index (Phi) is 5.30. The summed E-state index contributed by atoms with van der Waals surface area (Å²) in [6, 6.07) is 3.03. The van der Waals surface area contributed by atoms with Crippen molar-refractivity contribution in [1.29, 1.82) is 0 Å². The first-order chi connectivity index (χ1) is 10.8. The van der Waals surface area contributed by atoms with E-state index in [0.717, 1.165) is 6.07 Å². The summed E-state index contributed by atoms with van der Waals surface area (Å²) in [5.41, 5.74) is -0.0214. The zero-order valence-corrected chi connectivity index (χ0v) is 13.4. The van der Waals surface area contributed by atoms with Gasteiger partial charge in [0.1, 0.15) is 6.04 Å². The first kappa shape index (κ1) is 17.3. The number of likely N-dealkylation sites (tertiary alicyclic amines) is 1. The highest BCUT2D eigenvalue weighted by Gasteiger charge is 2.41. The van der Waals surface area contributed by atoms with E-state index in [1.165, 1.54) is 24.1 Å². The van der Waals surface area contributed by atoms with Crippen LogP contribution in [0.15, 0.2) is 18.2 Å². The van der Waals surface area contributed by atoms with Crippen LogP contribution in [0.5, 0.6) is 0 Å². The van der Waals surface area contributed by atoms with Gasteiger partial charge in [0.25, 0.3) is 0 Å². The molecule has 7 heteroatoms. The van der Waals surface area contributed by atoms with E-state index in [9.17, 15) is 18.4 Å². The third-order valence-corrected chi connectivity index (χ3v) is 4.18. The maximum absolute atomic E-state index is 13.7. The molecule has 0 aliphatic carbocycles. The number of benzene rings is 1. The lowest BCUT2D eigenvalue weighted by Crippen LogP contribution is -2.42. The van der Waals surface area contributed by atoms with Gasteiger partial charge in [-0.15, -0.1) is 0 Å². The van der Waals surface area contributed by atoms with Crippen LogP contribution in [0.3, 0.4) is 0 Å². The van der Waals surface area contributed by atoms with E-state index in [-0.39, 0.29) is 18.0 Å². The predicted molar refractivity (Wildman–Crippen MR) is 79.7 cm³/mol. The molecular weight excluding hydrogens is 306 g/mol. The molecule has 0 aromatic heterocycles. The van der Waals surface area contributed by atoms with Crippen LogP contribution in [0.25, 0.3) is 0 Å². The molecule has 0 N–H and O–H groups in total. The molecule has 1 heterocycles. The van der Waals surface area contributed by atoms with Crippen LogP contribution in [0.2, 0.25) is 0 Å². The Morgan fingerprint density at radius 1 is 1.35 bits per heavy atom. The van der Waals surface area contributed by atoms with E-state index in [0.29, 0.717) is 13.0 Å². The Balaban J connectivity index is 2.18. The van der Waals surface area contributed by atoms with Crippen LogP contribution in [-0.2, 0) is 20.7 Å². The number of amides is 1. The van der Waals surface area contributed by atoms with Crippen LogP contribution in [0.4, 0.5) is 8.78 Å². The molecule has 2 rings (SSSR count). The predicted octanol–water partition coefficient (Wildman–Crippen LogP) is 1.21. The summed E-state index contributed by atoms with van der Waals surface area (Å²) in [6.07, 6.45) is 0.161. The van der Waals surface area contributed by atoms with E-state index < -0.39 is 29.6 Å². The molecule has 1 aromatic rings. The van der Waals surface area contributed by atoms with Gasteiger partial charge in [-0.1, -0.05) is 12.1 Å². The van der Waals surface area contributed by atoms with Crippen LogP contribution in [0.1, 0.15) is 12.0 Å². The fraction of sp³-hybridized carbons (Fsp3) is 0.500. The number of carbonyl (C=O) groups is 2. The van der Waals surface area contributed by atoms with Gasteiger partial charge in [-0.3, -0.25) is 4.79 Å². The zero-order chi connectivity index (χ0) is 17.1. The Labute approximate surface area is 133 Å². The van der Waals surface area contributed by atoms with Gasteiger partial charge in [0.05, 0.1) is 13.5 Å². The van der Waals surface area contributed by atoms with Gasteiger partial charge >= 0.3 is 5.97 Å². The number of ether oxygens (including phenoxy) is 1. The minimum Gasteiger partial charge on any atom is -0.467 e. The maximum Gasteiger partial charge on any atom is 0.328 e. The molecule has 126 valence electrons. The third kappa shape index (κ3) is 3.67. The van der Waals surface area contributed by atoms with Gasteiger partial charge in [0.2, 0.25) is 5.91 Å². The summed E-state index contributed by atoms with van der Waals surface area (Å²) in [5, 5.41) is 0. The minimum atomic E-state index is -1.03. The highest BCUT2D eigenvalue weighted by Crippen LogP contribution is 2.23. The van der Waals surface area contributed by atoms with Crippen molar-refractivity contribution in [2.75, 3.05) is 27.7 Å². The lowest BCUT2D eigenvalue weighted by molar-refractivity contribution is -0.150. The molecule has 0 radical (unpaired) electrons. The number of esters is 1. The Hall–Kier alpha value is -2.02. The zero-order valence-electron chi connectivity index (χ0n) is 13.4. The number of methoxy groups -OCH3 is 1. The smallest absolute Gasteiger partial charge is 0.328 e. The standard InChI is InChI=1S/C16H20F2N2O3/c1-19(2)11-8-13(16(22)23-3)20(9-11)14(21)7-10-5-4-6-12(17)15(10)18/h4-6,11,13H,7-9H2,1-3H3/t11-,13+/m1/s1. The van der Waals surface area contributed by atoms with E-state index in [1.807, 2.05) is 19.0 Å². The quantitative estimate of drug-likeness (QED) is 0.781. The topological polar surface area (TPSA) is 49.9 Å². The highest BCUT2D eigenvalue weighted by atomic mass is 19.2. The van der Waals surface area contributed by atoms with Gasteiger partial charge in [-0.05, 0) is 26.6 Å². The second-order valence-electron chi connectivity index (χ2n) is 5.83. The number of rotatable bonds is 4. The van der Waals surface area contributed by atoms with Crippen LogP contribution in [0, 0.1) is 11.6 Å². The molecule has 5 nitrogen and oxygen atoms in total. The fourth-order valence-electron chi connectivity index (χ4n) is 2.77. The van der Waals surface area contributed by atoms with Gasteiger partial charge in [-0.2, -0.15) is 0 Å². The number of likely N-dealkylation sites (N-methyl/N-ethyl adjacent to an activating group) is 1. The van der Waals surface area contributed by atoms with Crippen molar-refractivity contribution in [3.8, 4) is 0 Å². The van der Waals surface area contributed by atoms with Gasteiger partial charge in [0, 0.05) is 18.2 Å². The number of halogens is 2.